The molecule has 1 aromatic heterocycles. The van der Waals surface area contributed by atoms with Gasteiger partial charge in [-0.25, -0.2) is 10.2 Å². The van der Waals surface area contributed by atoms with E-state index in [1.165, 1.54) is 7.05 Å². The van der Waals surface area contributed by atoms with Crippen LogP contribution in [0.5, 0.6) is 0 Å². The molecule has 0 saturated heterocycles. The van der Waals surface area contributed by atoms with Crippen molar-refractivity contribution >= 4 is 40.1 Å². The molecule has 0 aliphatic heterocycles. The zero-order chi connectivity index (χ0) is 18.6. The first-order chi connectivity index (χ1) is 11.8. The van der Waals surface area contributed by atoms with Gasteiger partial charge in [-0.2, -0.15) is 5.10 Å². The number of hydrogen-bond acceptors (Lipinski definition) is 5. The summed E-state index contributed by atoms with van der Waals surface area (Å²) in [5.41, 5.74) is 3.68. The van der Waals surface area contributed by atoms with Crippen LogP contribution in [0, 0.1) is 10.5 Å². The first-order valence-corrected chi connectivity index (χ1v) is 8.84. The van der Waals surface area contributed by atoms with E-state index in [0.29, 0.717) is 16.1 Å². The molecule has 2 rings (SSSR count). The van der Waals surface area contributed by atoms with Gasteiger partial charge in [0.25, 0.3) is 11.5 Å². The minimum atomic E-state index is -0.594. The number of rotatable bonds is 6. The number of hydrogen-bond donors (Lipinski definition) is 2. The highest BCUT2D eigenvalue weighted by Crippen LogP contribution is 2.23. The van der Waals surface area contributed by atoms with Crippen LogP contribution in [0.15, 0.2) is 23.0 Å². The Morgan fingerprint density at radius 3 is 2.84 bits per heavy atom. The van der Waals surface area contributed by atoms with E-state index in [1.54, 1.807) is 6.92 Å². The molecule has 1 amide bonds. The van der Waals surface area contributed by atoms with Gasteiger partial charge in [0, 0.05) is 27.6 Å². The highest BCUT2D eigenvalue weighted by molar-refractivity contribution is 14.1. The molecule has 2 N–H and O–H groups in total. The summed E-state index contributed by atoms with van der Waals surface area (Å²) in [6.07, 6.45) is 0.285. The number of nitrogens with one attached hydrogen (secondary N) is 1. The van der Waals surface area contributed by atoms with Crippen molar-refractivity contribution in [1.29, 1.82) is 0 Å². The van der Waals surface area contributed by atoms with Crippen LogP contribution in [-0.2, 0) is 18.3 Å². The van der Waals surface area contributed by atoms with Crippen LogP contribution in [0.25, 0.3) is 0 Å². The van der Waals surface area contributed by atoms with E-state index < -0.39 is 5.91 Å². The number of carbonyl (C=O) groups excluding carboxylic acids is 1. The summed E-state index contributed by atoms with van der Waals surface area (Å²) in [5, 5.41) is 13.3. The fraction of sp³-hybridized carbons (Fsp3) is 0.312. The third kappa shape index (κ3) is 4.78. The minimum absolute atomic E-state index is 0.0469. The quantitative estimate of drug-likeness (QED) is 0.374. The summed E-state index contributed by atoms with van der Waals surface area (Å²) in [6.45, 7) is 1.37. The number of amides is 1. The zero-order valence-electron chi connectivity index (χ0n) is 13.7. The third-order valence-electron chi connectivity index (χ3n) is 3.56. The Morgan fingerprint density at radius 1 is 1.48 bits per heavy atom. The Labute approximate surface area is 163 Å². The van der Waals surface area contributed by atoms with Crippen molar-refractivity contribution in [3.63, 3.8) is 0 Å². The molecule has 0 atom stereocenters. The molecule has 0 aliphatic carbocycles. The van der Waals surface area contributed by atoms with Gasteiger partial charge in [0.15, 0.2) is 5.69 Å². The van der Waals surface area contributed by atoms with Gasteiger partial charge in [-0.1, -0.05) is 17.7 Å². The number of aliphatic hydroxyl groups excluding tert-OH is 1. The summed E-state index contributed by atoms with van der Waals surface area (Å²) in [5.74, 6) is -0.594. The fourth-order valence-corrected chi connectivity index (χ4v) is 3.19. The summed E-state index contributed by atoms with van der Waals surface area (Å²) < 4.78 is 2.09. The fourth-order valence-electron chi connectivity index (χ4n) is 2.27. The number of halogens is 2. The van der Waals surface area contributed by atoms with Gasteiger partial charge in [0.1, 0.15) is 0 Å². The zero-order valence-corrected chi connectivity index (χ0v) is 16.6. The van der Waals surface area contributed by atoms with E-state index in [9.17, 15) is 9.59 Å². The Morgan fingerprint density at radius 2 is 2.20 bits per heavy atom. The molecular weight excluding hydrogens is 461 g/mol. The highest BCUT2D eigenvalue weighted by Gasteiger charge is 2.20. The highest BCUT2D eigenvalue weighted by atomic mass is 127. The Bertz CT molecular complexity index is 854. The number of benzene rings is 1. The summed E-state index contributed by atoms with van der Waals surface area (Å²) >= 11 is 8.43. The molecule has 0 saturated carbocycles. The van der Waals surface area contributed by atoms with Crippen molar-refractivity contribution < 1.29 is 14.7 Å². The SMILES string of the molecule is Cc1c(Cc2ccc(I)cc2Cl)c(C(=O)NOCCO)nn(C)c1=O. The van der Waals surface area contributed by atoms with Gasteiger partial charge in [0.2, 0.25) is 0 Å². The summed E-state index contributed by atoms with van der Waals surface area (Å²) in [4.78, 5) is 29.4. The number of aromatic nitrogens is 2. The lowest BCUT2D eigenvalue weighted by atomic mass is 9.99. The monoisotopic (exact) mass is 477 g/mol. The van der Waals surface area contributed by atoms with Gasteiger partial charge in [-0.05, 0) is 52.8 Å². The van der Waals surface area contributed by atoms with Gasteiger partial charge >= 0.3 is 0 Å². The smallest absolute Gasteiger partial charge is 0.295 e. The average molecular weight is 478 g/mol. The first kappa shape index (κ1) is 19.8. The lowest BCUT2D eigenvalue weighted by Crippen LogP contribution is -2.33. The number of aryl methyl sites for hydroxylation is 1. The van der Waals surface area contributed by atoms with Crippen molar-refractivity contribution in [2.24, 2.45) is 7.05 Å². The Kier molecular flexibility index (Phi) is 6.94. The average Bonchev–Trinajstić information content (AvgIpc) is 2.57. The molecule has 1 heterocycles. The second-order valence-electron chi connectivity index (χ2n) is 5.30. The van der Waals surface area contributed by atoms with Crippen LogP contribution < -0.4 is 11.0 Å². The van der Waals surface area contributed by atoms with Gasteiger partial charge in [0.05, 0.1) is 13.2 Å². The lowest BCUT2D eigenvalue weighted by Gasteiger charge is -2.14. The van der Waals surface area contributed by atoms with Crippen molar-refractivity contribution in [3.8, 4) is 0 Å². The van der Waals surface area contributed by atoms with Crippen LogP contribution in [0.1, 0.15) is 27.2 Å². The molecule has 9 heteroatoms. The molecule has 2 aromatic rings. The molecule has 134 valence electrons. The Balaban J connectivity index is 2.45. The van der Waals surface area contributed by atoms with Crippen LogP contribution in [0.3, 0.4) is 0 Å². The molecule has 0 bridgehead atoms. The van der Waals surface area contributed by atoms with E-state index in [-0.39, 0.29) is 30.9 Å². The van der Waals surface area contributed by atoms with Crippen molar-refractivity contribution in [2.45, 2.75) is 13.3 Å². The molecule has 0 aliphatic rings. The van der Waals surface area contributed by atoms with Crippen LogP contribution in [0.4, 0.5) is 0 Å². The maximum absolute atomic E-state index is 12.4. The molecule has 25 heavy (non-hydrogen) atoms. The summed E-state index contributed by atoms with van der Waals surface area (Å²) in [7, 11) is 1.47. The minimum Gasteiger partial charge on any atom is -0.394 e. The van der Waals surface area contributed by atoms with Crippen molar-refractivity contribution in [3.05, 3.63) is 59.5 Å². The van der Waals surface area contributed by atoms with E-state index in [2.05, 4.69) is 33.2 Å². The largest absolute Gasteiger partial charge is 0.394 e. The maximum atomic E-state index is 12.4. The second kappa shape index (κ2) is 8.75. The molecule has 0 radical (unpaired) electrons. The van der Waals surface area contributed by atoms with E-state index in [1.807, 2.05) is 18.2 Å². The van der Waals surface area contributed by atoms with E-state index >= 15 is 0 Å². The van der Waals surface area contributed by atoms with Gasteiger partial charge < -0.3 is 5.11 Å². The number of carbonyl (C=O) groups is 1. The Hall–Kier alpha value is -1.49. The molecular formula is C16H17ClIN3O4. The number of hydroxylamine groups is 1. The van der Waals surface area contributed by atoms with E-state index in [4.69, 9.17) is 21.5 Å². The number of aliphatic hydroxyl groups is 1. The molecule has 1 aromatic carbocycles. The first-order valence-electron chi connectivity index (χ1n) is 7.38. The third-order valence-corrected chi connectivity index (χ3v) is 4.58. The molecule has 0 fully saturated rings. The summed E-state index contributed by atoms with van der Waals surface area (Å²) in [6, 6.07) is 5.56. The molecule has 7 nitrogen and oxygen atoms in total. The lowest BCUT2D eigenvalue weighted by molar-refractivity contribution is 0.0162. The molecule has 0 unspecified atom stereocenters. The van der Waals surface area contributed by atoms with Crippen LogP contribution in [0.2, 0.25) is 5.02 Å². The predicted molar refractivity (Wildman–Crippen MR) is 102 cm³/mol. The van der Waals surface area contributed by atoms with Crippen LogP contribution in [-0.4, -0.2) is 34.0 Å². The normalized spacial score (nSPS) is 10.8. The number of nitrogens with zero attached hydrogens (tertiary/aromatic N) is 2. The standard InChI is InChI=1S/C16H17ClIN3O4/c1-9-12(7-10-3-4-11(18)8-13(10)17)14(19-21(2)16(9)24)15(23)20-25-6-5-22/h3-4,8,22H,5-7H2,1-2H3,(H,20,23). The van der Waals surface area contributed by atoms with Crippen LogP contribution >= 0.6 is 34.2 Å². The van der Waals surface area contributed by atoms with Crippen molar-refractivity contribution in [2.75, 3.05) is 13.2 Å². The van der Waals surface area contributed by atoms with Crippen molar-refractivity contribution in [1.82, 2.24) is 15.3 Å². The second-order valence-corrected chi connectivity index (χ2v) is 6.95. The maximum Gasteiger partial charge on any atom is 0.295 e. The topological polar surface area (TPSA) is 93.4 Å². The predicted octanol–water partition coefficient (Wildman–Crippen LogP) is 1.59. The van der Waals surface area contributed by atoms with Gasteiger partial charge in [-0.15, -0.1) is 0 Å². The van der Waals surface area contributed by atoms with E-state index in [0.717, 1.165) is 13.8 Å². The van der Waals surface area contributed by atoms with Gasteiger partial charge in [-0.3, -0.25) is 14.4 Å². The molecule has 0 spiro atoms.